The predicted molar refractivity (Wildman–Crippen MR) is 82.4 cm³/mol. The highest BCUT2D eigenvalue weighted by Gasteiger charge is 2.41. The van der Waals surface area contributed by atoms with Gasteiger partial charge in [-0.15, -0.1) is 0 Å². The largest absolute Gasteiger partial charge is 0.487 e. The molecular weight excluding hydrogens is 299 g/mol. The molecule has 2 fully saturated rings. The van der Waals surface area contributed by atoms with E-state index in [4.69, 9.17) is 4.74 Å². The molecule has 23 heavy (non-hydrogen) atoms. The molecule has 2 aliphatic rings. The highest BCUT2D eigenvalue weighted by atomic mass is 19.1. The number of benzene rings is 1. The number of carbonyl (C=O) groups is 2. The van der Waals surface area contributed by atoms with Crippen LogP contribution < -0.4 is 4.74 Å². The summed E-state index contributed by atoms with van der Waals surface area (Å²) in [6.45, 7) is 5.46. The van der Waals surface area contributed by atoms with Crippen molar-refractivity contribution in [2.24, 2.45) is 5.92 Å². The van der Waals surface area contributed by atoms with Gasteiger partial charge in [-0.1, -0.05) is 0 Å². The SMILES string of the molecule is CC(C)N1CC(C(=O)N2CC(Oc3ccc(F)cc3)C2)CC1=O. The third-order valence-corrected chi connectivity index (χ3v) is 4.41. The zero-order valence-corrected chi connectivity index (χ0v) is 13.4. The van der Waals surface area contributed by atoms with E-state index in [9.17, 15) is 14.0 Å². The van der Waals surface area contributed by atoms with Gasteiger partial charge in [0.1, 0.15) is 17.7 Å². The highest BCUT2D eigenvalue weighted by molar-refractivity contribution is 5.89. The smallest absolute Gasteiger partial charge is 0.228 e. The lowest BCUT2D eigenvalue weighted by Crippen LogP contribution is -2.57. The average Bonchev–Trinajstić information content (AvgIpc) is 2.86. The summed E-state index contributed by atoms with van der Waals surface area (Å²) in [4.78, 5) is 27.8. The van der Waals surface area contributed by atoms with Gasteiger partial charge >= 0.3 is 0 Å². The Morgan fingerprint density at radius 2 is 1.87 bits per heavy atom. The zero-order valence-electron chi connectivity index (χ0n) is 13.4. The second kappa shape index (κ2) is 6.18. The molecule has 124 valence electrons. The van der Waals surface area contributed by atoms with Crippen LogP contribution in [0.3, 0.4) is 0 Å². The van der Waals surface area contributed by atoms with Crippen LogP contribution in [0.15, 0.2) is 24.3 Å². The van der Waals surface area contributed by atoms with E-state index >= 15 is 0 Å². The Kier molecular flexibility index (Phi) is 4.24. The number of nitrogens with zero attached hydrogens (tertiary/aromatic N) is 2. The highest BCUT2D eigenvalue weighted by Crippen LogP contribution is 2.25. The molecule has 0 bridgehead atoms. The summed E-state index contributed by atoms with van der Waals surface area (Å²) in [6, 6.07) is 5.99. The van der Waals surface area contributed by atoms with Crippen LogP contribution in [0.1, 0.15) is 20.3 Å². The summed E-state index contributed by atoms with van der Waals surface area (Å²) in [6.07, 6.45) is 0.236. The summed E-state index contributed by atoms with van der Waals surface area (Å²) in [7, 11) is 0. The molecule has 2 heterocycles. The van der Waals surface area contributed by atoms with Crippen LogP contribution in [0, 0.1) is 11.7 Å². The van der Waals surface area contributed by atoms with Crippen LogP contribution in [0.25, 0.3) is 0 Å². The number of halogens is 1. The van der Waals surface area contributed by atoms with Crippen LogP contribution in [0.2, 0.25) is 0 Å². The summed E-state index contributed by atoms with van der Waals surface area (Å²) in [5.41, 5.74) is 0. The van der Waals surface area contributed by atoms with E-state index in [0.717, 1.165) is 0 Å². The zero-order chi connectivity index (χ0) is 16.6. The molecule has 3 rings (SSSR count). The van der Waals surface area contributed by atoms with E-state index in [1.165, 1.54) is 12.1 Å². The monoisotopic (exact) mass is 320 g/mol. The maximum absolute atomic E-state index is 12.8. The van der Waals surface area contributed by atoms with Crippen molar-refractivity contribution in [3.05, 3.63) is 30.1 Å². The summed E-state index contributed by atoms with van der Waals surface area (Å²) < 4.78 is 18.5. The molecule has 2 amide bonds. The number of rotatable bonds is 4. The first kappa shape index (κ1) is 15.8. The molecule has 1 aromatic rings. The topological polar surface area (TPSA) is 49.9 Å². The fourth-order valence-electron chi connectivity index (χ4n) is 3.05. The minimum atomic E-state index is -0.302. The molecule has 2 saturated heterocycles. The maximum atomic E-state index is 12.8. The average molecular weight is 320 g/mol. The van der Waals surface area contributed by atoms with Crippen molar-refractivity contribution in [2.75, 3.05) is 19.6 Å². The Morgan fingerprint density at radius 3 is 2.43 bits per heavy atom. The van der Waals surface area contributed by atoms with Gasteiger partial charge in [-0.25, -0.2) is 4.39 Å². The lowest BCUT2D eigenvalue weighted by molar-refractivity contribution is -0.144. The van der Waals surface area contributed by atoms with Gasteiger partial charge in [0, 0.05) is 19.0 Å². The van der Waals surface area contributed by atoms with E-state index in [0.29, 0.717) is 31.8 Å². The minimum Gasteiger partial charge on any atom is -0.487 e. The molecule has 0 aliphatic carbocycles. The Hall–Kier alpha value is -2.11. The maximum Gasteiger partial charge on any atom is 0.228 e. The Balaban J connectivity index is 1.48. The van der Waals surface area contributed by atoms with Gasteiger partial charge in [-0.05, 0) is 38.1 Å². The molecule has 0 spiro atoms. The van der Waals surface area contributed by atoms with E-state index in [2.05, 4.69) is 0 Å². The van der Waals surface area contributed by atoms with Crippen molar-refractivity contribution < 1.29 is 18.7 Å². The molecule has 0 radical (unpaired) electrons. The minimum absolute atomic E-state index is 0.0282. The third-order valence-electron chi connectivity index (χ3n) is 4.41. The number of hydrogen-bond donors (Lipinski definition) is 0. The fourth-order valence-corrected chi connectivity index (χ4v) is 3.05. The van der Waals surface area contributed by atoms with E-state index in [1.807, 2.05) is 13.8 Å². The molecular formula is C17H21FN2O3. The lowest BCUT2D eigenvalue weighted by Gasteiger charge is -2.40. The Bertz CT molecular complexity index is 596. The second-order valence-electron chi connectivity index (χ2n) is 6.48. The summed E-state index contributed by atoms with van der Waals surface area (Å²) in [5.74, 6) is 0.143. The quantitative estimate of drug-likeness (QED) is 0.848. The van der Waals surface area contributed by atoms with Gasteiger partial charge in [-0.3, -0.25) is 9.59 Å². The van der Waals surface area contributed by atoms with Crippen molar-refractivity contribution in [1.29, 1.82) is 0 Å². The number of ether oxygens (including phenoxy) is 1. The predicted octanol–water partition coefficient (Wildman–Crippen LogP) is 1.67. The molecule has 1 unspecified atom stereocenters. The van der Waals surface area contributed by atoms with Crippen molar-refractivity contribution in [1.82, 2.24) is 9.80 Å². The number of amides is 2. The lowest BCUT2D eigenvalue weighted by atomic mass is 10.0. The van der Waals surface area contributed by atoms with E-state index < -0.39 is 0 Å². The molecule has 6 heteroatoms. The van der Waals surface area contributed by atoms with Crippen LogP contribution in [-0.4, -0.2) is 53.4 Å². The van der Waals surface area contributed by atoms with Crippen LogP contribution in [0.4, 0.5) is 4.39 Å². The molecule has 5 nitrogen and oxygen atoms in total. The molecule has 0 N–H and O–H groups in total. The van der Waals surface area contributed by atoms with Crippen LogP contribution in [-0.2, 0) is 9.59 Å². The molecule has 2 aliphatic heterocycles. The van der Waals surface area contributed by atoms with E-state index in [1.54, 1.807) is 21.9 Å². The molecule has 1 atom stereocenters. The van der Waals surface area contributed by atoms with Crippen LogP contribution >= 0.6 is 0 Å². The van der Waals surface area contributed by atoms with Gasteiger partial charge in [0.15, 0.2) is 0 Å². The van der Waals surface area contributed by atoms with Gasteiger partial charge in [-0.2, -0.15) is 0 Å². The van der Waals surface area contributed by atoms with Crippen molar-refractivity contribution in [3.8, 4) is 5.75 Å². The first-order chi connectivity index (χ1) is 10.9. The number of likely N-dealkylation sites (tertiary alicyclic amines) is 2. The van der Waals surface area contributed by atoms with Crippen LogP contribution in [0.5, 0.6) is 5.75 Å². The van der Waals surface area contributed by atoms with Gasteiger partial charge < -0.3 is 14.5 Å². The second-order valence-corrected chi connectivity index (χ2v) is 6.48. The fraction of sp³-hybridized carbons (Fsp3) is 0.529. The van der Waals surface area contributed by atoms with Crippen molar-refractivity contribution >= 4 is 11.8 Å². The number of hydrogen-bond acceptors (Lipinski definition) is 3. The van der Waals surface area contributed by atoms with Gasteiger partial charge in [0.25, 0.3) is 0 Å². The van der Waals surface area contributed by atoms with Crippen molar-refractivity contribution in [2.45, 2.75) is 32.4 Å². The van der Waals surface area contributed by atoms with E-state index in [-0.39, 0.29) is 35.7 Å². The number of carbonyl (C=O) groups excluding carboxylic acids is 2. The summed E-state index contributed by atoms with van der Waals surface area (Å²) in [5, 5.41) is 0. The third kappa shape index (κ3) is 3.30. The first-order valence-corrected chi connectivity index (χ1v) is 7.94. The first-order valence-electron chi connectivity index (χ1n) is 7.94. The Labute approximate surface area is 135 Å². The van der Waals surface area contributed by atoms with Gasteiger partial charge in [0.2, 0.25) is 11.8 Å². The van der Waals surface area contributed by atoms with Crippen molar-refractivity contribution in [3.63, 3.8) is 0 Å². The molecule has 0 aromatic heterocycles. The Morgan fingerprint density at radius 1 is 1.22 bits per heavy atom. The molecule has 0 saturated carbocycles. The summed E-state index contributed by atoms with van der Waals surface area (Å²) >= 11 is 0. The van der Waals surface area contributed by atoms with Gasteiger partial charge in [0.05, 0.1) is 19.0 Å². The molecule has 1 aromatic carbocycles. The standard InChI is InChI=1S/C17H21FN2O3/c1-11(2)20-8-12(7-16(20)21)17(22)19-9-15(10-19)23-14-5-3-13(18)4-6-14/h3-6,11-12,15H,7-10H2,1-2H3. The normalized spacial score (nSPS) is 21.7.